The van der Waals surface area contributed by atoms with Crippen LogP contribution in [-0.4, -0.2) is 26.3 Å². The normalized spacial score (nSPS) is 16.4. The van der Waals surface area contributed by atoms with Crippen molar-refractivity contribution in [2.75, 3.05) is 0 Å². The summed E-state index contributed by atoms with van der Waals surface area (Å²) in [6, 6.07) is 8.89. The summed E-state index contributed by atoms with van der Waals surface area (Å²) in [7, 11) is 0. The van der Waals surface area contributed by atoms with Gasteiger partial charge in [0.05, 0.1) is 0 Å². The van der Waals surface area contributed by atoms with Crippen molar-refractivity contribution < 1.29 is 0 Å². The Morgan fingerprint density at radius 1 is 0.900 bits per heavy atom. The van der Waals surface area contributed by atoms with Crippen LogP contribution in [0.2, 0.25) is 0 Å². The van der Waals surface area contributed by atoms with Gasteiger partial charge in [-0.3, -0.25) is 0 Å². The zero-order valence-electron chi connectivity index (χ0n) is 5.54. The fourth-order valence-corrected chi connectivity index (χ4v) is 7.70. The van der Waals surface area contributed by atoms with E-state index in [1.54, 1.807) is 11.1 Å². The van der Waals surface area contributed by atoms with Gasteiger partial charge in [-0.2, -0.15) is 0 Å². The van der Waals surface area contributed by atoms with Crippen molar-refractivity contribution in [2.24, 2.45) is 0 Å². The van der Waals surface area contributed by atoms with E-state index in [1.807, 2.05) is 0 Å². The van der Waals surface area contributed by atoms with E-state index in [9.17, 15) is 0 Å². The van der Waals surface area contributed by atoms with Gasteiger partial charge in [-0.25, -0.2) is 0 Å². The molecule has 0 unspecified atom stereocenters. The van der Waals surface area contributed by atoms with Gasteiger partial charge in [0.15, 0.2) is 0 Å². The maximum atomic E-state index is 2.28. The number of benzene rings is 1. The SMILES string of the molecule is c1ccc2c(c1)C[Se][Se]C2. The van der Waals surface area contributed by atoms with Gasteiger partial charge in [-0.15, -0.1) is 0 Å². The first-order valence-electron chi connectivity index (χ1n) is 3.28. The minimum atomic E-state index is 0.960. The van der Waals surface area contributed by atoms with Gasteiger partial charge >= 0.3 is 72.3 Å². The predicted octanol–water partition coefficient (Wildman–Crippen LogP) is 1.02. The van der Waals surface area contributed by atoms with E-state index in [-0.39, 0.29) is 0 Å². The molecule has 1 heterocycles. The molecule has 1 aromatic rings. The summed E-state index contributed by atoms with van der Waals surface area (Å²) in [4.78, 5) is 0. The van der Waals surface area contributed by atoms with Crippen LogP contribution in [0.15, 0.2) is 24.3 Å². The van der Waals surface area contributed by atoms with E-state index in [2.05, 4.69) is 24.3 Å². The fraction of sp³-hybridized carbons (Fsp3) is 0.250. The molecular weight excluding hydrogens is 254 g/mol. The third-order valence-electron chi connectivity index (χ3n) is 1.63. The monoisotopic (exact) mass is 264 g/mol. The molecular formula is C8H8Se2. The van der Waals surface area contributed by atoms with Gasteiger partial charge in [0.2, 0.25) is 0 Å². The Bertz CT molecular complexity index is 207. The molecule has 0 radical (unpaired) electrons. The number of hydrogen-bond acceptors (Lipinski definition) is 0. The topological polar surface area (TPSA) is 0 Å². The first kappa shape index (κ1) is 6.94. The van der Waals surface area contributed by atoms with E-state index < -0.39 is 0 Å². The van der Waals surface area contributed by atoms with Crippen LogP contribution >= 0.6 is 0 Å². The van der Waals surface area contributed by atoms with Crippen molar-refractivity contribution in [3.05, 3.63) is 35.4 Å². The summed E-state index contributed by atoms with van der Waals surface area (Å²) in [6.07, 6.45) is 0. The predicted molar refractivity (Wildman–Crippen MR) is 45.4 cm³/mol. The van der Waals surface area contributed by atoms with E-state index in [4.69, 9.17) is 0 Å². The van der Waals surface area contributed by atoms with E-state index >= 15 is 0 Å². The van der Waals surface area contributed by atoms with Gasteiger partial charge in [-0.05, 0) is 0 Å². The Kier molecular flexibility index (Phi) is 2.16. The van der Waals surface area contributed by atoms with Crippen molar-refractivity contribution in [3.63, 3.8) is 0 Å². The molecule has 2 rings (SSSR count). The molecule has 0 spiro atoms. The number of rotatable bonds is 0. The first-order valence-corrected chi connectivity index (χ1v) is 10.0. The van der Waals surface area contributed by atoms with Crippen LogP contribution < -0.4 is 0 Å². The van der Waals surface area contributed by atoms with Crippen molar-refractivity contribution in [2.45, 2.75) is 10.6 Å². The number of fused-ring (bicyclic) bond motifs is 1. The molecule has 2 heteroatoms. The third-order valence-corrected chi connectivity index (χ3v) is 8.17. The second-order valence-electron chi connectivity index (χ2n) is 2.29. The van der Waals surface area contributed by atoms with Crippen molar-refractivity contribution >= 4 is 26.3 Å². The molecule has 0 aromatic heterocycles. The molecule has 0 bridgehead atoms. The standard InChI is InChI=1S/C8H8Se2/c1-2-4-8-6-10-9-5-7(8)3-1/h1-4H,5-6H2. The summed E-state index contributed by atoms with van der Waals surface area (Å²) in [5.41, 5.74) is 3.24. The van der Waals surface area contributed by atoms with Gasteiger partial charge < -0.3 is 0 Å². The van der Waals surface area contributed by atoms with Crippen molar-refractivity contribution in [1.82, 2.24) is 0 Å². The maximum absolute atomic E-state index is 2.28. The molecule has 0 N–H and O–H groups in total. The average molecular weight is 262 g/mol. The summed E-state index contributed by atoms with van der Waals surface area (Å²) in [5.74, 6) is 0. The molecule has 52 valence electrons. The Hall–Kier alpha value is 0.259. The Morgan fingerprint density at radius 2 is 1.40 bits per heavy atom. The van der Waals surface area contributed by atoms with Gasteiger partial charge in [0.1, 0.15) is 0 Å². The molecule has 0 saturated heterocycles. The third kappa shape index (κ3) is 1.31. The summed E-state index contributed by atoms with van der Waals surface area (Å²) in [5, 5.41) is 2.78. The first-order chi connectivity index (χ1) is 4.97. The van der Waals surface area contributed by atoms with Crippen LogP contribution in [0, 0.1) is 0 Å². The average Bonchev–Trinajstić information content (AvgIpc) is 2.05. The van der Waals surface area contributed by atoms with Crippen LogP contribution in [0.3, 0.4) is 0 Å². The molecule has 0 nitrogen and oxygen atoms in total. The second-order valence-corrected chi connectivity index (χ2v) is 9.63. The van der Waals surface area contributed by atoms with Gasteiger partial charge in [0, 0.05) is 0 Å². The quantitative estimate of drug-likeness (QED) is 0.612. The minimum absolute atomic E-state index is 0.960. The van der Waals surface area contributed by atoms with Crippen LogP contribution in [0.4, 0.5) is 0 Å². The Morgan fingerprint density at radius 3 is 1.90 bits per heavy atom. The number of hydrogen-bond donors (Lipinski definition) is 0. The summed E-state index contributed by atoms with van der Waals surface area (Å²) in [6.45, 7) is 0. The van der Waals surface area contributed by atoms with E-state index in [0.29, 0.717) is 0 Å². The second kappa shape index (κ2) is 3.11. The van der Waals surface area contributed by atoms with Crippen molar-refractivity contribution in [3.8, 4) is 0 Å². The van der Waals surface area contributed by atoms with E-state index in [0.717, 1.165) is 26.3 Å². The molecule has 0 atom stereocenters. The zero-order chi connectivity index (χ0) is 6.81. The molecule has 1 aromatic carbocycles. The van der Waals surface area contributed by atoms with Crippen LogP contribution in [0.1, 0.15) is 11.1 Å². The van der Waals surface area contributed by atoms with E-state index in [1.165, 1.54) is 10.6 Å². The summed E-state index contributed by atoms with van der Waals surface area (Å²) >= 11 is 1.92. The molecule has 0 fully saturated rings. The van der Waals surface area contributed by atoms with Crippen LogP contribution in [0.5, 0.6) is 0 Å². The zero-order valence-corrected chi connectivity index (χ0v) is 8.97. The Labute approximate surface area is 72.3 Å². The molecule has 1 aliphatic rings. The summed E-state index contributed by atoms with van der Waals surface area (Å²) < 4.78 is 0. The molecule has 0 amide bonds. The van der Waals surface area contributed by atoms with Crippen LogP contribution in [-0.2, 0) is 10.6 Å². The van der Waals surface area contributed by atoms with Crippen molar-refractivity contribution in [1.29, 1.82) is 0 Å². The fourth-order valence-electron chi connectivity index (χ4n) is 1.05. The van der Waals surface area contributed by atoms with Gasteiger partial charge in [-0.1, -0.05) is 0 Å². The van der Waals surface area contributed by atoms with Crippen LogP contribution in [0.25, 0.3) is 0 Å². The van der Waals surface area contributed by atoms with Gasteiger partial charge in [0.25, 0.3) is 0 Å². The molecule has 10 heavy (non-hydrogen) atoms. The molecule has 0 saturated carbocycles. The Balaban J connectivity index is 2.41. The molecule has 1 aliphatic heterocycles. The molecule has 0 aliphatic carbocycles.